The van der Waals surface area contributed by atoms with Gasteiger partial charge >= 0.3 is 13.9 Å². The number of nitrogens with two attached hydrogens (primary N) is 2. The zero-order valence-corrected chi connectivity index (χ0v) is 20.0. The normalized spacial score (nSPS) is 28.7. The lowest BCUT2D eigenvalue weighted by Gasteiger charge is -2.18. The fourth-order valence-electron chi connectivity index (χ4n) is 4.21. The zero-order chi connectivity index (χ0) is 26.3. The second-order valence-corrected chi connectivity index (χ2v) is 9.40. The van der Waals surface area contributed by atoms with Crippen LogP contribution in [0.1, 0.15) is 25.3 Å². The second-order valence-electron chi connectivity index (χ2n) is 8.38. The molecule has 2 fully saturated rings. The quantitative estimate of drug-likeness (QED) is 0.187. The topological polar surface area (TPSA) is 258 Å². The molecular formula is C18H24N9O9P. The van der Waals surface area contributed by atoms with E-state index in [1.54, 1.807) is 0 Å². The Morgan fingerprint density at radius 3 is 2.59 bits per heavy atom. The molecule has 3 aromatic rings. The van der Waals surface area contributed by atoms with Crippen LogP contribution in [0, 0.1) is 0 Å². The predicted molar refractivity (Wildman–Crippen MR) is 123 cm³/mol. The minimum absolute atomic E-state index is 0.0613. The monoisotopic (exact) mass is 541 g/mol. The molecule has 7 atom stereocenters. The first kappa shape index (κ1) is 25.4. The molecule has 0 aromatic carbocycles. The van der Waals surface area contributed by atoms with Gasteiger partial charge in [-0.05, 0) is 0 Å². The van der Waals surface area contributed by atoms with E-state index in [2.05, 4.69) is 24.9 Å². The molecule has 2 saturated heterocycles. The standard InChI is InChI=1S/C18H24N9O9P/c19-16-22-6-27(18(31)25-16)12-2-8(9(3-28)34-12)36-37(32)33-4-10-7(29)1-11(35-10)26-5-21-13-14(26)23-17(20)24-15(13)30/h5-12,28-29,37H,1-4H2,(H2,19,25,31)(H3,20,23,24,30)/t7?,8?,9-,10-,11-,12-/m1/s1. The molecule has 5 heterocycles. The Hall–Kier alpha value is -3.25. The number of nitrogens with one attached hydrogen (secondary N) is 1. The molecule has 200 valence electrons. The molecule has 2 aliphatic rings. The summed E-state index contributed by atoms with van der Waals surface area (Å²) in [5.41, 5.74) is 10.0. The molecule has 0 aliphatic carbocycles. The van der Waals surface area contributed by atoms with Crippen LogP contribution in [0.2, 0.25) is 0 Å². The number of aromatic nitrogens is 7. The number of aromatic amines is 1. The first-order valence-corrected chi connectivity index (χ1v) is 12.3. The number of nitrogens with zero attached hydrogens (tertiary/aromatic N) is 6. The molecular weight excluding hydrogens is 517 g/mol. The molecule has 0 spiro atoms. The van der Waals surface area contributed by atoms with Crippen LogP contribution < -0.4 is 22.7 Å². The molecule has 37 heavy (non-hydrogen) atoms. The van der Waals surface area contributed by atoms with Crippen LogP contribution in [0.15, 0.2) is 22.2 Å². The molecule has 2 aliphatic heterocycles. The highest BCUT2D eigenvalue weighted by atomic mass is 31.1. The van der Waals surface area contributed by atoms with Crippen LogP contribution >= 0.6 is 8.25 Å². The van der Waals surface area contributed by atoms with Gasteiger partial charge < -0.3 is 40.2 Å². The van der Waals surface area contributed by atoms with Crippen molar-refractivity contribution in [3.05, 3.63) is 33.5 Å². The van der Waals surface area contributed by atoms with Gasteiger partial charge in [0, 0.05) is 12.8 Å². The Morgan fingerprint density at radius 1 is 1.11 bits per heavy atom. The summed E-state index contributed by atoms with van der Waals surface area (Å²) >= 11 is 0. The molecule has 18 nitrogen and oxygen atoms in total. The van der Waals surface area contributed by atoms with Crippen molar-refractivity contribution in [1.82, 2.24) is 34.1 Å². The number of rotatable bonds is 8. The number of aliphatic hydroxyl groups excluding tert-OH is 2. The van der Waals surface area contributed by atoms with Crippen molar-refractivity contribution in [3.8, 4) is 0 Å². The molecule has 0 radical (unpaired) electrons. The third kappa shape index (κ3) is 5.12. The predicted octanol–water partition coefficient (Wildman–Crippen LogP) is -2.34. The largest absolute Gasteiger partial charge is 0.394 e. The Kier molecular flexibility index (Phi) is 7.04. The van der Waals surface area contributed by atoms with Gasteiger partial charge in [-0.25, -0.2) is 14.8 Å². The van der Waals surface area contributed by atoms with Gasteiger partial charge in [0.15, 0.2) is 11.2 Å². The molecule has 0 saturated carbocycles. The van der Waals surface area contributed by atoms with E-state index in [0.717, 1.165) is 10.9 Å². The number of imidazole rings is 1. The number of aliphatic hydroxyl groups is 2. The Balaban J connectivity index is 1.18. The number of hydrogen-bond acceptors (Lipinski definition) is 15. The molecule has 0 amide bonds. The highest BCUT2D eigenvalue weighted by Gasteiger charge is 2.40. The van der Waals surface area contributed by atoms with E-state index in [9.17, 15) is 24.4 Å². The fourth-order valence-corrected chi connectivity index (χ4v) is 5.07. The summed E-state index contributed by atoms with van der Waals surface area (Å²) in [7, 11) is -3.13. The van der Waals surface area contributed by atoms with E-state index < -0.39 is 63.0 Å². The average Bonchev–Trinajstić information content (AvgIpc) is 3.54. The Bertz CT molecular complexity index is 1430. The number of hydrogen-bond donors (Lipinski definition) is 5. The highest BCUT2D eigenvalue weighted by molar-refractivity contribution is 7.33. The van der Waals surface area contributed by atoms with E-state index in [4.69, 9.17) is 30.0 Å². The lowest BCUT2D eigenvalue weighted by atomic mass is 10.2. The second kappa shape index (κ2) is 10.3. The number of H-pyrrole nitrogens is 1. The fraction of sp³-hybridized carbons (Fsp3) is 0.556. The van der Waals surface area contributed by atoms with Gasteiger partial charge in [0.2, 0.25) is 11.9 Å². The third-order valence-corrected chi connectivity index (χ3v) is 6.89. The summed E-state index contributed by atoms with van der Waals surface area (Å²) in [6.45, 7) is -0.739. The van der Waals surface area contributed by atoms with E-state index in [0.29, 0.717) is 0 Å². The minimum atomic E-state index is -3.13. The van der Waals surface area contributed by atoms with Gasteiger partial charge in [0.1, 0.15) is 31.0 Å². The summed E-state index contributed by atoms with van der Waals surface area (Å²) in [6.07, 6.45) is -2.51. The smallest absolute Gasteiger partial charge is 0.354 e. The van der Waals surface area contributed by atoms with Gasteiger partial charge in [0.25, 0.3) is 5.56 Å². The molecule has 7 N–H and O–H groups in total. The highest BCUT2D eigenvalue weighted by Crippen LogP contribution is 2.38. The first-order valence-electron chi connectivity index (χ1n) is 11.1. The van der Waals surface area contributed by atoms with Gasteiger partial charge in [-0.15, -0.1) is 0 Å². The summed E-state index contributed by atoms with van der Waals surface area (Å²) in [4.78, 5) is 41.7. The van der Waals surface area contributed by atoms with Crippen LogP contribution in [0.5, 0.6) is 0 Å². The van der Waals surface area contributed by atoms with Crippen molar-refractivity contribution in [2.75, 3.05) is 24.7 Å². The van der Waals surface area contributed by atoms with Crippen LogP contribution in [0.4, 0.5) is 11.9 Å². The van der Waals surface area contributed by atoms with Crippen molar-refractivity contribution < 1.29 is 33.3 Å². The Labute approximate surface area is 207 Å². The van der Waals surface area contributed by atoms with Crippen LogP contribution in [0.25, 0.3) is 11.2 Å². The maximum absolute atomic E-state index is 12.5. The van der Waals surface area contributed by atoms with Gasteiger partial charge in [-0.2, -0.15) is 9.97 Å². The SMILES string of the molecule is Nc1ncn([C@H]2CC(O[PH](=O)OC[C@H]3O[C@@H](n4cnc5c(=O)[nH]c(N)nc54)CC3O)[C@@H](CO)O2)c(=O)n1. The van der Waals surface area contributed by atoms with Crippen molar-refractivity contribution in [1.29, 1.82) is 0 Å². The molecule has 19 heteroatoms. The van der Waals surface area contributed by atoms with Crippen molar-refractivity contribution in [2.24, 2.45) is 0 Å². The molecule has 3 unspecified atom stereocenters. The van der Waals surface area contributed by atoms with Crippen LogP contribution in [-0.2, 0) is 23.1 Å². The third-order valence-electron chi connectivity index (χ3n) is 5.99. The number of nitrogen functional groups attached to an aromatic ring is 2. The van der Waals surface area contributed by atoms with Gasteiger partial charge in [-0.1, -0.05) is 0 Å². The summed E-state index contributed by atoms with van der Waals surface area (Å²) in [6, 6.07) is 0. The molecule has 3 aromatic heterocycles. The molecule has 5 rings (SSSR count). The first-order chi connectivity index (χ1) is 17.7. The number of anilines is 2. The van der Waals surface area contributed by atoms with E-state index >= 15 is 0 Å². The Morgan fingerprint density at radius 2 is 1.84 bits per heavy atom. The maximum atomic E-state index is 12.5. The number of ether oxygens (including phenoxy) is 2. The van der Waals surface area contributed by atoms with Crippen molar-refractivity contribution in [3.63, 3.8) is 0 Å². The minimum Gasteiger partial charge on any atom is -0.394 e. The van der Waals surface area contributed by atoms with Gasteiger partial charge in [-0.3, -0.25) is 23.5 Å². The summed E-state index contributed by atoms with van der Waals surface area (Å²) in [5.74, 6) is -0.292. The van der Waals surface area contributed by atoms with E-state index in [1.165, 1.54) is 10.9 Å². The summed E-state index contributed by atoms with van der Waals surface area (Å²) in [5, 5.41) is 20.1. The zero-order valence-electron chi connectivity index (χ0n) is 19.0. The maximum Gasteiger partial charge on any atom is 0.354 e. The van der Waals surface area contributed by atoms with Crippen LogP contribution in [-0.4, -0.2) is 81.9 Å². The lowest BCUT2D eigenvalue weighted by molar-refractivity contribution is -0.0493. The van der Waals surface area contributed by atoms with Crippen molar-refractivity contribution >= 4 is 31.3 Å². The average molecular weight is 541 g/mol. The van der Waals surface area contributed by atoms with Crippen LogP contribution in [0.3, 0.4) is 0 Å². The summed E-state index contributed by atoms with van der Waals surface area (Å²) < 4.78 is 37.2. The number of fused-ring (bicyclic) bond motifs is 1. The van der Waals surface area contributed by atoms with E-state index in [1.807, 2.05) is 0 Å². The van der Waals surface area contributed by atoms with Crippen molar-refractivity contribution in [2.45, 2.75) is 49.7 Å². The van der Waals surface area contributed by atoms with E-state index in [-0.39, 0.29) is 42.5 Å². The van der Waals surface area contributed by atoms with Gasteiger partial charge in [0.05, 0.1) is 31.7 Å². The molecule has 0 bridgehead atoms. The lowest BCUT2D eigenvalue weighted by Crippen LogP contribution is -2.29.